The molecule has 0 fully saturated rings. The summed E-state index contributed by atoms with van der Waals surface area (Å²) in [6.45, 7) is 4.49. The number of aryl methyl sites for hydroxylation is 1. The molecule has 0 bridgehead atoms. The van der Waals surface area contributed by atoms with Crippen LogP contribution in [0.4, 0.5) is 10.5 Å². The molecule has 0 radical (unpaired) electrons. The van der Waals surface area contributed by atoms with E-state index in [0.717, 1.165) is 16.8 Å². The van der Waals surface area contributed by atoms with Crippen LogP contribution in [-0.4, -0.2) is 31.6 Å². The van der Waals surface area contributed by atoms with Crippen LogP contribution in [0.3, 0.4) is 0 Å². The molecule has 0 aliphatic rings. The highest BCUT2D eigenvalue weighted by Crippen LogP contribution is 2.20. The molecule has 144 valence electrons. The van der Waals surface area contributed by atoms with Crippen molar-refractivity contribution in [1.29, 1.82) is 0 Å². The van der Waals surface area contributed by atoms with Crippen LogP contribution in [-0.2, 0) is 4.79 Å². The highest BCUT2D eigenvalue weighted by molar-refractivity contribution is 5.79. The number of amides is 3. The van der Waals surface area contributed by atoms with Gasteiger partial charge >= 0.3 is 6.03 Å². The normalized spacial score (nSPS) is 12.7. The van der Waals surface area contributed by atoms with E-state index in [4.69, 9.17) is 5.73 Å². The molecular formula is C21H28N4O2. The lowest BCUT2D eigenvalue weighted by Crippen LogP contribution is -2.42. The molecule has 0 aromatic heterocycles. The van der Waals surface area contributed by atoms with E-state index < -0.39 is 12.1 Å². The van der Waals surface area contributed by atoms with Crippen LogP contribution in [0.1, 0.15) is 30.5 Å². The second-order valence-corrected chi connectivity index (χ2v) is 6.72. The highest BCUT2D eigenvalue weighted by Gasteiger charge is 2.19. The zero-order valence-corrected chi connectivity index (χ0v) is 16.1. The van der Waals surface area contributed by atoms with E-state index in [2.05, 4.69) is 15.5 Å². The second kappa shape index (κ2) is 9.62. The Morgan fingerprint density at radius 3 is 2.33 bits per heavy atom. The maximum atomic E-state index is 12.5. The minimum atomic E-state index is -0.645. The fourth-order valence-electron chi connectivity index (χ4n) is 2.96. The van der Waals surface area contributed by atoms with E-state index in [1.54, 1.807) is 0 Å². The minimum Gasteiger partial charge on any atom is -0.370 e. The van der Waals surface area contributed by atoms with Crippen molar-refractivity contribution in [2.75, 3.05) is 18.5 Å². The summed E-state index contributed by atoms with van der Waals surface area (Å²) in [5, 5.41) is 5.63. The standard InChI is InChI=1S/C21H28N4O2/c1-15-9-7-8-12-18(15)19(24-21(22)27)13-20(26)23-14-16(2)25(3)17-10-5-4-6-11-17/h4-12,16,19H,13-14H2,1-3H3,(H,23,26)(H3,22,24,27)/t16-,19+/m1/s1. The molecule has 0 aliphatic heterocycles. The smallest absolute Gasteiger partial charge is 0.312 e. The summed E-state index contributed by atoms with van der Waals surface area (Å²) < 4.78 is 0. The van der Waals surface area contributed by atoms with Gasteiger partial charge in [-0.2, -0.15) is 0 Å². The van der Waals surface area contributed by atoms with Crippen molar-refractivity contribution < 1.29 is 9.59 Å². The first-order valence-electron chi connectivity index (χ1n) is 9.04. The van der Waals surface area contributed by atoms with Crippen molar-refractivity contribution >= 4 is 17.6 Å². The second-order valence-electron chi connectivity index (χ2n) is 6.72. The van der Waals surface area contributed by atoms with Crippen LogP contribution in [0.2, 0.25) is 0 Å². The Bertz CT molecular complexity index is 764. The molecule has 6 heteroatoms. The molecule has 3 amide bonds. The molecule has 4 N–H and O–H groups in total. The fraction of sp³-hybridized carbons (Fsp3) is 0.333. The molecule has 0 unspecified atom stereocenters. The van der Waals surface area contributed by atoms with E-state index in [0.29, 0.717) is 6.54 Å². The molecule has 2 aromatic rings. The third kappa shape index (κ3) is 6.02. The van der Waals surface area contributed by atoms with Crippen molar-refractivity contribution in [3.05, 3.63) is 65.7 Å². The number of hydrogen-bond donors (Lipinski definition) is 3. The summed E-state index contributed by atoms with van der Waals surface area (Å²) in [5.74, 6) is -0.134. The number of benzene rings is 2. The number of nitrogens with one attached hydrogen (secondary N) is 2. The Labute approximate surface area is 160 Å². The maximum absolute atomic E-state index is 12.5. The van der Waals surface area contributed by atoms with Gasteiger partial charge < -0.3 is 21.3 Å². The van der Waals surface area contributed by atoms with Crippen LogP contribution in [0.5, 0.6) is 0 Å². The summed E-state index contributed by atoms with van der Waals surface area (Å²) in [6.07, 6.45) is 0.134. The minimum absolute atomic E-state index is 0.123. The summed E-state index contributed by atoms with van der Waals surface area (Å²) >= 11 is 0. The molecule has 0 heterocycles. The maximum Gasteiger partial charge on any atom is 0.312 e. The van der Waals surface area contributed by atoms with Gasteiger partial charge in [-0.3, -0.25) is 4.79 Å². The zero-order chi connectivity index (χ0) is 19.8. The Balaban J connectivity index is 1.95. The van der Waals surface area contributed by atoms with E-state index in [-0.39, 0.29) is 18.4 Å². The molecule has 27 heavy (non-hydrogen) atoms. The Hall–Kier alpha value is -3.02. The Morgan fingerprint density at radius 1 is 1.07 bits per heavy atom. The highest BCUT2D eigenvalue weighted by atomic mass is 16.2. The van der Waals surface area contributed by atoms with E-state index >= 15 is 0 Å². The van der Waals surface area contributed by atoms with Crippen molar-refractivity contribution in [2.45, 2.75) is 32.4 Å². The van der Waals surface area contributed by atoms with E-state index in [9.17, 15) is 9.59 Å². The summed E-state index contributed by atoms with van der Waals surface area (Å²) in [4.78, 5) is 25.9. The average molecular weight is 368 g/mol. The number of nitrogens with zero attached hydrogens (tertiary/aromatic N) is 1. The summed E-state index contributed by atoms with van der Waals surface area (Å²) in [7, 11) is 2.00. The third-order valence-corrected chi connectivity index (χ3v) is 4.69. The number of rotatable bonds is 8. The Morgan fingerprint density at radius 2 is 1.70 bits per heavy atom. The molecule has 0 spiro atoms. The largest absolute Gasteiger partial charge is 0.370 e. The lowest BCUT2D eigenvalue weighted by atomic mass is 9.98. The molecule has 2 aromatic carbocycles. The van der Waals surface area contributed by atoms with Gasteiger partial charge in [-0.15, -0.1) is 0 Å². The first-order chi connectivity index (χ1) is 12.9. The van der Waals surface area contributed by atoms with Crippen molar-refractivity contribution in [3.8, 4) is 0 Å². The van der Waals surface area contributed by atoms with Crippen molar-refractivity contribution in [1.82, 2.24) is 10.6 Å². The molecule has 2 rings (SSSR count). The SMILES string of the molecule is Cc1ccccc1[C@H](CC(=O)NC[C@@H](C)N(C)c1ccccc1)NC(N)=O. The van der Waals surface area contributed by atoms with Crippen LogP contribution in [0.25, 0.3) is 0 Å². The third-order valence-electron chi connectivity index (χ3n) is 4.69. The summed E-state index contributed by atoms with van der Waals surface area (Å²) in [6, 6.07) is 16.7. The predicted octanol–water partition coefficient (Wildman–Crippen LogP) is 2.74. The first-order valence-corrected chi connectivity index (χ1v) is 9.04. The van der Waals surface area contributed by atoms with Crippen molar-refractivity contribution in [3.63, 3.8) is 0 Å². The molecule has 0 saturated heterocycles. The number of para-hydroxylation sites is 1. The van der Waals surface area contributed by atoms with Gasteiger partial charge in [-0.05, 0) is 37.1 Å². The van der Waals surface area contributed by atoms with Crippen LogP contribution in [0, 0.1) is 6.92 Å². The van der Waals surface area contributed by atoms with Gasteiger partial charge in [0.2, 0.25) is 5.91 Å². The van der Waals surface area contributed by atoms with Gasteiger partial charge in [0.05, 0.1) is 12.5 Å². The number of urea groups is 1. The summed E-state index contributed by atoms with van der Waals surface area (Å²) in [5.41, 5.74) is 8.28. The lowest BCUT2D eigenvalue weighted by Gasteiger charge is -2.27. The van der Waals surface area contributed by atoms with Crippen molar-refractivity contribution in [2.24, 2.45) is 5.73 Å². The van der Waals surface area contributed by atoms with Gasteiger partial charge in [0.15, 0.2) is 0 Å². The van der Waals surface area contributed by atoms with Gasteiger partial charge in [-0.25, -0.2) is 4.79 Å². The topological polar surface area (TPSA) is 87.5 Å². The number of anilines is 1. The van der Waals surface area contributed by atoms with Crippen LogP contribution < -0.4 is 21.3 Å². The number of carbonyl (C=O) groups is 2. The lowest BCUT2D eigenvalue weighted by molar-refractivity contribution is -0.121. The van der Waals surface area contributed by atoms with Gasteiger partial charge in [0.25, 0.3) is 0 Å². The van der Waals surface area contributed by atoms with Gasteiger partial charge in [0, 0.05) is 25.3 Å². The van der Waals surface area contributed by atoms with Crippen LogP contribution in [0.15, 0.2) is 54.6 Å². The van der Waals surface area contributed by atoms with E-state index in [1.807, 2.05) is 75.5 Å². The number of carbonyl (C=O) groups excluding carboxylic acids is 2. The quantitative estimate of drug-likeness (QED) is 0.669. The molecule has 2 atom stereocenters. The predicted molar refractivity (Wildman–Crippen MR) is 109 cm³/mol. The first kappa shape index (κ1) is 20.3. The number of likely N-dealkylation sites (N-methyl/N-ethyl adjacent to an activating group) is 1. The van der Waals surface area contributed by atoms with Gasteiger partial charge in [0.1, 0.15) is 0 Å². The fourth-order valence-corrected chi connectivity index (χ4v) is 2.96. The number of primary amides is 1. The molecule has 6 nitrogen and oxygen atoms in total. The molecule has 0 aliphatic carbocycles. The average Bonchev–Trinajstić information content (AvgIpc) is 2.65. The zero-order valence-electron chi connectivity index (χ0n) is 16.1. The van der Waals surface area contributed by atoms with Crippen LogP contribution >= 0.6 is 0 Å². The molecular weight excluding hydrogens is 340 g/mol. The van der Waals surface area contributed by atoms with E-state index in [1.165, 1.54) is 0 Å². The van der Waals surface area contributed by atoms with Gasteiger partial charge in [-0.1, -0.05) is 42.5 Å². The number of nitrogens with two attached hydrogens (primary N) is 1. The Kier molecular flexibility index (Phi) is 7.23. The monoisotopic (exact) mass is 368 g/mol. The number of hydrogen-bond acceptors (Lipinski definition) is 3. The molecule has 0 saturated carbocycles.